The first-order valence-electron chi connectivity index (χ1n) is 11.4. The Hall–Kier alpha value is -1.41. The molecule has 4 saturated carbocycles. The van der Waals surface area contributed by atoms with Crippen molar-refractivity contribution in [3.05, 3.63) is 47.7 Å². The topological polar surface area (TPSA) is 12.9 Å². The van der Waals surface area contributed by atoms with Crippen LogP contribution in [0.1, 0.15) is 43.4 Å². The Labute approximate surface area is 172 Å². The minimum atomic E-state index is -1.43. The van der Waals surface area contributed by atoms with Crippen LogP contribution < -0.4 is 5.19 Å². The largest absolute Gasteiger partial charge is 0.253 e. The molecular formula is C26H35NSi. The molecule has 6 rings (SSSR count). The third-order valence-corrected chi connectivity index (χ3v) is 10.2. The molecule has 4 aliphatic rings. The van der Waals surface area contributed by atoms with Gasteiger partial charge in [-0.2, -0.15) is 0 Å². The summed E-state index contributed by atoms with van der Waals surface area (Å²) in [7, 11) is -1.43. The van der Waals surface area contributed by atoms with Crippen LogP contribution in [-0.2, 0) is 6.42 Å². The molecule has 1 heterocycles. The molecule has 2 heteroatoms. The van der Waals surface area contributed by atoms with Gasteiger partial charge in [-0.15, -0.1) is 0 Å². The normalized spacial score (nSPS) is 31.4. The standard InChI is InChI=1S/C26H35NSi/c1-17-26(28(2,3)4)23(16-25(27-17)20-8-6-5-7-9-20)15-24-21-11-18-10-19(13-21)14-22(24)12-18/h5-9,16,18-19,21-22,24H,10-15H2,1-4H3. The highest BCUT2D eigenvalue weighted by molar-refractivity contribution is 6.89. The smallest absolute Gasteiger partial charge is 0.0803 e. The molecule has 4 aliphatic carbocycles. The maximum atomic E-state index is 5.09. The Bertz CT molecular complexity index is 836. The molecule has 1 aromatic carbocycles. The molecule has 0 radical (unpaired) electrons. The highest BCUT2D eigenvalue weighted by Gasteiger charge is 2.48. The van der Waals surface area contributed by atoms with Crippen molar-refractivity contribution in [1.29, 1.82) is 0 Å². The molecule has 0 atom stereocenters. The molecule has 0 N–H and O–H groups in total. The fraction of sp³-hybridized carbons (Fsp3) is 0.577. The van der Waals surface area contributed by atoms with Crippen molar-refractivity contribution in [1.82, 2.24) is 4.98 Å². The summed E-state index contributed by atoms with van der Waals surface area (Å²) in [6.45, 7) is 9.76. The van der Waals surface area contributed by atoms with Gasteiger partial charge in [-0.3, -0.25) is 4.98 Å². The Morgan fingerprint density at radius 3 is 2.07 bits per heavy atom. The van der Waals surface area contributed by atoms with E-state index in [0.717, 1.165) is 29.6 Å². The number of rotatable bonds is 4. The maximum absolute atomic E-state index is 5.09. The summed E-state index contributed by atoms with van der Waals surface area (Å²) in [5, 5.41) is 1.64. The number of hydrogen-bond acceptors (Lipinski definition) is 1. The first kappa shape index (κ1) is 18.6. The lowest BCUT2D eigenvalue weighted by Crippen LogP contribution is -2.48. The van der Waals surface area contributed by atoms with Crippen LogP contribution in [0.5, 0.6) is 0 Å². The van der Waals surface area contributed by atoms with Crippen LogP contribution in [0.15, 0.2) is 36.4 Å². The predicted molar refractivity (Wildman–Crippen MR) is 122 cm³/mol. The maximum Gasteiger partial charge on any atom is 0.0803 e. The number of pyridine rings is 1. The van der Waals surface area contributed by atoms with Crippen molar-refractivity contribution in [3.8, 4) is 11.3 Å². The lowest BCUT2D eigenvalue weighted by Gasteiger charge is -2.54. The van der Waals surface area contributed by atoms with E-state index in [1.807, 2.05) is 0 Å². The lowest BCUT2D eigenvalue weighted by molar-refractivity contribution is -0.0359. The molecule has 4 bridgehead atoms. The second-order valence-corrected chi connectivity index (χ2v) is 16.0. The molecule has 1 nitrogen and oxygen atoms in total. The van der Waals surface area contributed by atoms with Crippen molar-refractivity contribution in [2.24, 2.45) is 29.6 Å². The van der Waals surface area contributed by atoms with E-state index in [0.29, 0.717) is 0 Å². The van der Waals surface area contributed by atoms with Gasteiger partial charge in [0.2, 0.25) is 0 Å². The highest BCUT2D eigenvalue weighted by Crippen LogP contribution is 2.57. The monoisotopic (exact) mass is 389 g/mol. The molecular weight excluding hydrogens is 354 g/mol. The van der Waals surface area contributed by atoms with Crippen molar-refractivity contribution >= 4 is 13.3 Å². The number of hydrogen-bond donors (Lipinski definition) is 0. The molecule has 0 spiro atoms. The summed E-state index contributed by atoms with van der Waals surface area (Å²) in [4.78, 5) is 5.09. The van der Waals surface area contributed by atoms with Crippen LogP contribution in [0.2, 0.25) is 19.6 Å². The second kappa shape index (κ2) is 6.83. The van der Waals surface area contributed by atoms with Crippen molar-refractivity contribution in [2.45, 2.75) is 65.1 Å². The van der Waals surface area contributed by atoms with Gasteiger partial charge in [-0.05, 0) is 91.9 Å². The minimum Gasteiger partial charge on any atom is -0.253 e. The minimum absolute atomic E-state index is 0.924. The van der Waals surface area contributed by atoms with Gasteiger partial charge in [0.1, 0.15) is 0 Å². The van der Waals surface area contributed by atoms with E-state index in [-0.39, 0.29) is 0 Å². The predicted octanol–water partition coefficient (Wildman–Crippen LogP) is 6.22. The molecule has 4 fully saturated rings. The quantitative estimate of drug-likeness (QED) is 0.566. The molecule has 2 aromatic rings. The number of aryl methyl sites for hydroxylation is 1. The first-order chi connectivity index (χ1) is 13.4. The van der Waals surface area contributed by atoms with Crippen LogP contribution in [0.25, 0.3) is 11.3 Å². The van der Waals surface area contributed by atoms with E-state index in [9.17, 15) is 0 Å². The van der Waals surface area contributed by atoms with Gasteiger partial charge in [0, 0.05) is 11.3 Å². The third-order valence-electron chi connectivity index (χ3n) is 7.98. The first-order valence-corrected chi connectivity index (χ1v) is 14.9. The Kier molecular flexibility index (Phi) is 4.54. The van der Waals surface area contributed by atoms with Crippen LogP contribution >= 0.6 is 0 Å². The van der Waals surface area contributed by atoms with Crippen molar-refractivity contribution < 1.29 is 0 Å². The fourth-order valence-corrected chi connectivity index (χ4v) is 9.58. The fourth-order valence-electron chi connectivity index (χ4n) is 7.31. The summed E-state index contributed by atoms with van der Waals surface area (Å²) in [6.07, 6.45) is 8.94. The van der Waals surface area contributed by atoms with E-state index in [1.165, 1.54) is 49.1 Å². The molecule has 0 aliphatic heterocycles. The zero-order valence-corrected chi connectivity index (χ0v) is 19.0. The van der Waals surface area contributed by atoms with Crippen LogP contribution in [-0.4, -0.2) is 13.1 Å². The molecule has 0 unspecified atom stereocenters. The average Bonchev–Trinajstić information content (AvgIpc) is 2.63. The molecule has 148 valence electrons. The Balaban J connectivity index is 1.54. The zero-order valence-electron chi connectivity index (χ0n) is 18.0. The molecule has 0 saturated heterocycles. The van der Waals surface area contributed by atoms with Gasteiger partial charge in [-0.25, -0.2) is 0 Å². The lowest BCUT2D eigenvalue weighted by atomic mass is 9.51. The second-order valence-electron chi connectivity index (χ2n) is 11.0. The van der Waals surface area contributed by atoms with Crippen LogP contribution in [0.4, 0.5) is 0 Å². The van der Waals surface area contributed by atoms with E-state index in [1.54, 1.807) is 17.2 Å². The average molecular weight is 390 g/mol. The summed E-state index contributed by atoms with van der Waals surface area (Å²) in [6, 6.07) is 13.3. The van der Waals surface area contributed by atoms with E-state index >= 15 is 0 Å². The van der Waals surface area contributed by atoms with Crippen molar-refractivity contribution in [3.63, 3.8) is 0 Å². The number of nitrogens with zero attached hydrogens (tertiary/aromatic N) is 1. The SMILES string of the molecule is Cc1nc(-c2ccccc2)cc(CC2C3CC4CC(C3)CC2C4)c1[Si](C)(C)C. The van der Waals surface area contributed by atoms with E-state index < -0.39 is 8.07 Å². The van der Waals surface area contributed by atoms with E-state index in [4.69, 9.17) is 4.98 Å². The Morgan fingerprint density at radius 1 is 0.893 bits per heavy atom. The van der Waals surface area contributed by atoms with Crippen LogP contribution in [0, 0.1) is 36.5 Å². The molecule has 1 aromatic heterocycles. The Morgan fingerprint density at radius 2 is 1.50 bits per heavy atom. The van der Waals surface area contributed by atoms with Crippen LogP contribution in [0.3, 0.4) is 0 Å². The number of aromatic nitrogens is 1. The van der Waals surface area contributed by atoms with Gasteiger partial charge in [0.05, 0.1) is 13.8 Å². The van der Waals surface area contributed by atoms with Gasteiger partial charge >= 0.3 is 0 Å². The third kappa shape index (κ3) is 3.28. The summed E-state index contributed by atoms with van der Waals surface area (Å²) < 4.78 is 0. The number of benzene rings is 1. The summed E-state index contributed by atoms with van der Waals surface area (Å²) in [5.41, 5.74) is 5.38. The molecule has 28 heavy (non-hydrogen) atoms. The highest BCUT2D eigenvalue weighted by atomic mass is 28.3. The van der Waals surface area contributed by atoms with Gasteiger partial charge in [-0.1, -0.05) is 50.0 Å². The molecule has 0 amide bonds. The summed E-state index contributed by atoms with van der Waals surface area (Å²) >= 11 is 0. The van der Waals surface area contributed by atoms with Gasteiger partial charge < -0.3 is 0 Å². The van der Waals surface area contributed by atoms with Gasteiger partial charge in [0.25, 0.3) is 0 Å². The van der Waals surface area contributed by atoms with Gasteiger partial charge in [0.15, 0.2) is 0 Å². The zero-order chi connectivity index (χ0) is 19.5. The van der Waals surface area contributed by atoms with Crippen molar-refractivity contribution in [2.75, 3.05) is 0 Å². The summed E-state index contributed by atoms with van der Waals surface area (Å²) in [5.74, 6) is 5.05. The van der Waals surface area contributed by atoms with E-state index in [2.05, 4.69) is 63.0 Å².